The molecule has 17 heavy (non-hydrogen) atoms. The maximum atomic E-state index is 12.5. The van der Waals surface area contributed by atoms with Crippen molar-refractivity contribution in [2.45, 2.75) is 12.8 Å². The molecule has 0 amide bonds. The second-order valence-electron chi connectivity index (χ2n) is 2.96. The van der Waals surface area contributed by atoms with Gasteiger partial charge in [0.05, 0.1) is 17.5 Å². The number of nitrogens with zero attached hydrogens (tertiary/aromatic N) is 2. The fraction of sp³-hybridized carbons (Fsp3) is 0.250. The molecule has 0 saturated heterocycles. The minimum Gasteiger partial charge on any atom is -0.481 e. The van der Waals surface area contributed by atoms with E-state index < -0.39 is 35.1 Å². The average Bonchev–Trinajstić information content (AvgIpc) is 2.19. The van der Waals surface area contributed by atoms with Crippen LogP contribution in [-0.4, -0.2) is 21.0 Å². The van der Waals surface area contributed by atoms with Crippen molar-refractivity contribution in [1.29, 1.82) is 0 Å². The monoisotopic (exact) mass is 358 g/mol. The Morgan fingerprint density at radius 2 is 2.24 bits per heavy atom. The van der Waals surface area contributed by atoms with Crippen LogP contribution >= 0.6 is 22.6 Å². The van der Waals surface area contributed by atoms with Crippen LogP contribution in [0.5, 0.6) is 0 Å². The highest BCUT2D eigenvalue weighted by atomic mass is 127. The molecule has 0 atom stereocenters. The third kappa shape index (κ3) is 3.05. The standard InChI is InChI=1S/C8H5F2IN2O4/c9-7(10)4-2-12-8(13(16)17)3(6(4)11)1-5(14)15/h2,7H,1H2,(H,14,15). The molecule has 0 spiro atoms. The summed E-state index contributed by atoms with van der Waals surface area (Å²) in [5.41, 5.74) is -0.812. The van der Waals surface area contributed by atoms with Crippen LogP contribution in [0.15, 0.2) is 6.20 Å². The summed E-state index contributed by atoms with van der Waals surface area (Å²) in [6.07, 6.45) is -2.89. The van der Waals surface area contributed by atoms with E-state index in [1.54, 1.807) is 0 Å². The van der Waals surface area contributed by atoms with Gasteiger partial charge in [0, 0.05) is 3.57 Å². The molecule has 92 valence electrons. The maximum absolute atomic E-state index is 12.5. The molecule has 9 heteroatoms. The molecule has 0 unspecified atom stereocenters. The topological polar surface area (TPSA) is 93.3 Å². The van der Waals surface area contributed by atoms with Crippen molar-refractivity contribution in [3.05, 3.63) is 31.0 Å². The van der Waals surface area contributed by atoms with E-state index in [0.717, 1.165) is 0 Å². The summed E-state index contributed by atoms with van der Waals surface area (Å²) < 4.78 is 24.9. The Bertz CT molecular complexity index is 481. The van der Waals surface area contributed by atoms with E-state index >= 15 is 0 Å². The molecule has 1 N–H and O–H groups in total. The molecule has 0 aliphatic heterocycles. The van der Waals surface area contributed by atoms with Gasteiger partial charge in [0.2, 0.25) is 0 Å². The number of carbonyl (C=O) groups is 1. The summed E-state index contributed by atoms with van der Waals surface area (Å²) in [6, 6.07) is 0. The smallest absolute Gasteiger partial charge is 0.368 e. The van der Waals surface area contributed by atoms with Crippen molar-refractivity contribution in [3.63, 3.8) is 0 Å². The van der Waals surface area contributed by atoms with Gasteiger partial charge >= 0.3 is 11.8 Å². The van der Waals surface area contributed by atoms with Crippen LogP contribution in [0, 0.1) is 13.7 Å². The molecule has 1 heterocycles. The van der Waals surface area contributed by atoms with Gasteiger partial charge in [-0.05, 0) is 32.5 Å². The van der Waals surface area contributed by atoms with E-state index in [1.165, 1.54) is 22.6 Å². The Hall–Kier alpha value is -1.39. The average molecular weight is 358 g/mol. The van der Waals surface area contributed by atoms with E-state index in [1.807, 2.05) is 0 Å². The van der Waals surface area contributed by atoms with Crippen LogP contribution in [0.2, 0.25) is 0 Å². The van der Waals surface area contributed by atoms with Gasteiger partial charge in [0.1, 0.15) is 6.20 Å². The summed E-state index contributed by atoms with van der Waals surface area (Å²) in [4.78, 5) is 23.5. The van der Waals surface area contributed by atoms with Crippen molar-refractivity contribution < 1.29 is 23.6 Å². The summed E-state index contributed by atoms with van der Waals surface area (Å²) >= 11 is 1.46. The van der Waals surface area contributed by atoms with Crippen LogP contribution in [0.3, 0.4) is 0 Å². The number of nitro groups is 1. The first-order chi connectivity index (χ1) is 7.84. The molecule has 0 saturated carbocycles. The van der Waals surface area contributed by atoms with Crippen molar-refractivity contribution in [2.24, 2.45) is 0 Å². The summed E-state index contributed by atoms with van der Waals surface area (Å²) in [7, 11) is 0. The molecule has 0 bridgehead atoms. The molecule has 0 aliphatic rings. The third-order valence-electron chi connectivity index (χ3n) is 1.85. The zero-order chi connectivity index (χ0) is 13.2. The van der Waals surface area contributed by atoms with Gasteiger partial charge < -0.3 is 15.2 Å². The number of hydrogen-bond acceptors (Lipinski definition) is 4. The molecule has 1 rings (SSSR count). The number of halogens is 3. The van der Waals surface area contributed by atoms with Crippen molar-refractivity contribution in [2.75, 3.05) is 0 Å². The Labute approximate surface area is 107 Å². The molecule has 0 aromatic carbocycles. The second-order valence-corrected chi connectivity index (χ2v) is 4.04. The lowest BCUT2D eigenvalue weighted by Gasteiger charge is -2.06. The van der Waals surface area contributed by atoms with Crippen LogP contribution in [0.1, 0.15) is 17.6 Å². The van der Waals surface area contributed by atoms with E-state index in [2.05, 4.69) is 4.98 Å². The zero-order valence-electron chi connectivity index (χ0n) is 8.06. The highest BCUT2D eigenvalue weighted by Gasteiger charge is 2.26. The lowest BCUT2D eigenvalue weighted by molar-refractivity contribution is -0.390. The number of pyridine rings is 1. The molecule has 0 aliphatic carbocycles. The van der Waals surface area contributed by atoms with Gasteiger partial charge in [-0.25, -0.2) is 8.78 Å². The van der Waals surface area contributed by atoms with Crippen LogP contribution < -0.4 is 0 Å². The van der Waals surface area contributed by atoms with Gasteiger partial charge in [0.25, 0.3) is 6.43 Å². The first-order valence-electron chi connectivity index (χ1n) is 4.16. The Balaban J connectivity index is 3.41. The number of alkyl halides is 2. The van der Waals surface area contributed by atoms with Gasteiger partial charge in [-0.1, -0.05) is 0 Å². The van der Waals surface area contributed by atoms with E-state index in [4.69, 9.17) is 5.11 Å². The first kappa shape index (κ1) is 13.7. The molecular weight excluding hydrogens is 353 g/mol. The lowest BCUT2D eigenvalue weighted by Crippen LogP contribution is -2.09. The SMILES string of the molecule is O=C(O)Cc1c([N+](=O)[O-])ncc(C(F)F)c1I. The summed E-state index contributed by atoms with van der Waals surface area (Å²) in [5.74, 6) is -2.06. The Morgan fingerprint density at radius 1 is 1.65 bits per heavy atom. The number of aromatic nitrogens is 1. The van der Waals surface area contributed by atoms with Crippen molar-refractivity contribution >= 4 is 34.4 Å². The molecular formula is C8H5F2IN2O4. The van der Waals surface area contributed by atoms with Gasteiger partial charge in [-0.2, -0.15) is 0 Å². The third-order valence-corrected chi connectivity index (χ3v) is 3.12. The van der Waals surface area contributed by atoms with Gasteiger partial charge in [-0.15, -0.1) is 0 Å². The molecule has 1 aromatic rings. The van der Waals surface area contributed by atoms with E-state index in [0.29, 0.717) is 6.20 Å². The number of aliphatic carboxylic acids is 1. The van der Waals surface area contributed by atoms with Gasteiger partial charge in [-0.3, -0.25) is 4.79 Å². The van der Waals surface area contributed by atoms with Crippen LogP contribution in [0.4, 0.5) is 14.6 Å². The Kier molecular flexibility index (Phi) is 4.26. The van der Waals surface area contributed by atoms with E-state index in [-0.39, 0.29) is 9.13 Å². The highest BCUT2D eigenvalue weighted by Crippen LogP contribution is 2.30. The van der Waals surface area contributed by atoms with E-state index in [9.17, 15) is 23.7 Å². The number of carboxylic acids is 1. The minimum atomic E-state index is -2.86. The molecule has 1 aromatic heterocycles. The predicted octanol–water partition coefficient (Wildman–Crippen LogP) is 2.16. The zero-order valence-corrected chi connectivity index (χ0v) is 10.2. The Morgan fingerprint density at radius 3 is 2.65 bits per heavy atom. The molecule has 0 fully saturated rings. The largest absolute Gasteiger partial charge is 0.481 e. The second kappa shape index (κ2) is 5.29. The number of carboxylic acid groups (broad SMARTS) is 1. The predicted molar refractivity (Wildman–Crippen MR) is 59.9 cm³/mol. The van der Waals surface area contributed by atoms with Crippen LogP contribution in [-0.2, 0) is 11.2 Å². The van der Waals surface area contributed by atoms with Crippen molar-refractivity contribution in [1.82, 2.24) is 4.98 Å². The van der Waals surface area contributed by atoms with Crippen molar-refractivity contribution in [3.8, 4) is 0 Å². The fourth-order valence-electron chi connectivity index (χ4n) is 1.16. The number of rotatable bonds is 4. The normalized spacial score (nSPS) is 10.6. The van der Waals surface area contributed by atoms with Crippen LogP contribution in [0.25, 0.3) is 0 Å². The van der Waals surface area contributed by atoms with Gasteiger partial charge in [0.15, 0.2) is 0 Å². The summed E-state index contributed by atoms with van der Waals surface area (Å²) in [5, 5.41) is 19.2. The number of hydrogen-bond donors (Lipinski definition) is 1. The fourth-order valence-corrected chi connectivity index (χ4v) is 1.96. The quantitative estimate of drug-likeness (QED) is 0.506. The highest BCUT2D eigenvalue weighted by molar-refractivity contribution is 14.1. The maximum Gasteiger partial charge on any atom is 0.368 e. The molecule has 0 radical (unpaired) electrons. The summed E-state index contributed by atoms with van der Waals surface area (Å²) in [6.45, 7) is 0. The minimum absolute atomic E-state index is 0.137. The first-order valence-corrected chi connectivity index (χ1v) is 5.24. The molecule has 6 nitrogen and oxygen atoms in total. The lowest BCUT2D eigenvalue weighted by atomic mass is 10.1.